The monoisotopic (exact) mass is 407 g/mol. The maximum absolute atomic E-state index is 5.84. The van der Waals surface area contributed by atoms with Crippen LogP contribution < -0.4 is 10.6 Å². The van der Waals surface area contributed by atoms with Crippen molar-refractivity contribution in [1.29, 1.82) is 0 Å². The molecular weight excluding hydrogens is 385 g/mol. The van der Waals surface area contributed by atoms with E-state index < -0.39 is 0 Å². The maximum Gasteiger partial charge on any atom is 0.248 e. The van der Waals surface area contributed by atoms with Crippen LogP contribution >= 0.6 is 24.0 Å². The lowest BCUT2D eigenvalue weighted by molar-refractivity contribution is 0.0992. The van der Waals surface area contributed by atoms with Crippen LogP contribution in [-0.4, -0.2) is 40.9 Å². The van der Waals surface area contributed by atoms with Gasteiger partial charge in [-0.15, -0.1) is 24.0 Å². The Morgan fingerprint density at radius 1 is 1.43 bits per heavy atom. The van der Waals surface area contributed by atoms with Gasteiger partial charge in [-0.2, -0.15) is 4.98 Å². The molecule has 2 N–H and O–H groups in total. The highest BCUT2D eigenvalue weighted by atomic mass is 127. The first kappa shape index (κ1) is 16.5. The van der Waals surface area contributed by atoms with Gasteiger partial charge in [0.2, 0.25) is 5.89 Å². The van der Waals surface area contributed by atoms with Gasteiger partial charge in [-0.1, -0.05) is 5.16 Å². The largest absolute Gasteiger partial charge is 0.373 e. The van der Waals surface area contributed by atoms with E-state index in [4.69, 9.17) is 9.26 Å². The summed E-state index contributed by atoms with van der Waals surface area (Å²) in [5.74, 6) is 1.95. The summed E-state index contributed by atoms with van der Waals surface area (Å²) in [6.07, 6.45) is 4.16. The Balaban J connectivity index is 0.00000161. The topological polar surface area (TPSA) is 84.6 Å². The minimum absolute atomic E-state index is 0. The number of aryl methyl sites for hydroxylation is 1. The summed E-state index contributed by atoms with van der Waals surface area (Å²) in [5, 5.41) is 10.4. The molecule has 2 aliphatic rings. The fourth-order valence-corrected chi connectivity index (χ4v) is 2.84. The summed E-state index contributed by atoms with van der Waals surface area (Å²) in [5.41, 5.74) is 0. The lowest BCUT2D eigenvalue weighted by Crippen LogP contribution is -2.47. The molecule has 3 atom stereocenters. The van der Waals surface area contributed by atoms with E-state index >= 15 is 0 Å². The minimum atomic E-state index is 0. The second-order valence-electron chi connectivity index (χ2n) is 5.29. The van der Waals surface area contributed by atoms with Crippen molar-refractivity contribution in [3.05, 3.63) is 11.7 Å². The maximum atomic E-state index is 5.84. The number of guanidine groups is 1. The number of nitrogens with one attached hydrogen (secondary N) is 2. The zero-order valence-corrected chi connectivity index (χ0v) is 14.7. The highest BCUT2D eigenvalue weighted by molar-refractivity contribution is 14.0. The van der Waals surface area contributed by atoms with Gasteiger partial charge in [-0.05, 0) is 33.1 Å². The molecule has 0 amide bonds. The normalized spacial score (nSPS) is 27.5. The van der Waals surface area contributed by atoms with E-state index in [0.717, 1.165) is 25.3 Å². The van der Waals surface area contributed by atoms with Crippen molar-refractivity contribution >= 4 is 29.9 Å². The molecule has 0 aromatic carbocycles. The van der Waals surface area contributed by atoms with Gasteiger partial charge >= 0.3 is 0 Å². The van der Waals surface area contributed by atoms with Gasteiger partial charge < -0.3 is 19.9 Å². The van der Waals surface area contributed by atoms with Gasteiger partial charge in [-0.3, -0.25) is 0 Å². The van der Waals surface area contributed by atoms with E-state index in [1.807, 2.05) is 6.92 Å². The number of hydrogen-bond donors (Lipinski definition) is 2. The number of aliphatic imine (C=N–C) groups is 1. The molecule has 2 saturated heterocycles. The second-order valence-corrected chi connectivity index (χ2v) is 5.29. The summed E-state index contributed by atoms with van der Waals surface area (Å²) in [6, 6.07) is 0.357. The van der Waals surface area contributed by atoms with E-state index in [9.17, 15) is 0 Å². The fraction of sp³-hybridized carbons (Fsp3) is 0.769. The van der Waals surface area contributed by atoms with E-state index in [-0.39, 0.29) is 24.0 Å². The Hall–Kier alpha value is -0.900. The van der Waals surface area contributed by atoms with E-state index in [1.165, 1.54) is 6.42 Å². The molecule has 21 heavy (non-hydrogen) atoms. The van der Waals surface area contributed by atoms with Crippen molar-refractivity contribution in [2.45, 2.75) is 57.9 Å². The Labute approximate surface area is 141 Å². The van der Waals surface area contributed by atoms with Gasteiger partial charge in [0.05, 0.1) is 18.2 Å². The van der Waals surface area contributed by atoms with Crippen molar-refractivity contribution in [2.75, 3.05) is 6.54 Å². The first-order valence-electron chi connectivity index (χ1n) is 7.24. The smallest absolute Gasteiger partial charge is 0.248 e. The van der Waals surface area contributed by atoms with Crippen LogP contribution in [0.1, 0.15) is 37.9 Å². The van der Waals surface area contributed by atoms with Crippen LogP contribution in [0.15, 0.2) is 9.52 Å². The summed E-state index contributed by atoms with van der Waals surface area (Å²) in [6.45, 7) is 5.05. The molecule has 3 rings (SSSR count). The Bertz CT molecular complexity index is 493. The van der Waals surface area contributed by atoms with Crippen LogP contribution in [0.5, 0.6) is 0 Å². The first-order chi connectivity index (χ1) is 9.74. The highest BCUT2D eigenvalue weighted by Gasteiger charge is 2.41. The van der Waals surface area contributed by atoms with Gasteiger partial charge in [-0.25, -0.2) is 4.99 Å². The molecule has 3 unspecified atom stereocenters. The third kappa shape index (κ3) is 4.06. The zero-order chi connectivity index (χ0) is 13.9. The fourth-order valence-electron chi connectivity index (χ4n) is 2.84. The highest BCUT2D eigenvalue weighted by Crippen LogP contribution is 2.34. The molecule has 118 valence electrons. The average molecular weight is 407 g/mol. The number of rotatable bonds is 4. The van der Waals surface area contributed by atoms with Gasteiger partial charge in [0.25, 0.3) is 0 Å². The number of hydrogen-bond acceptors (Lipinski definition) is 5. The lowest BCUT2D eigenvalue weighted by atomic mass is 9.96. The van der Waals surface area contributed by atoms with Crippen molar-refractivity contribution < 1.29 is 9.26 Å². The van der Waals surface area contributed by atoms with Crippen LogP contribution in [0.3, 0.4) is 0 Å². The molecule has 1 aromatic heterocycles. The molecular formula is C13H22IN5O2. The third-order valence-electron chi connectivity index (χ3n) is 3.71. The summed E-state index contributed by atoms with van der Waals surface area (Å²) < 4.78 is 10.9. The molecule has 8 heteroatoms. The number of nitrogens with zero attached hydrogens (tertiary/aromatic N) is 3. The summed E-state index contributed by atoms with van der Waals surface area (Å²) in [7, 11) is 0. The molecule has 2 aliphatic heterocycles. The van der Waals surface area contributed by atoms with Crippen molar-refractivity contribution in [3.63, 3.8) is 0 Å². The molecule has 1 aromatic rings. The number of fused-ring (bicyclic) bond motifs is 2. The van der Waals surface area contributed by atoms with E-state index in [2.05, 4.69) is 25.8 Å². The summed E-state index contributed by atoms with van der Waals surface area (Å²) in [4.78, 5) is 8.63. The average Bonchev–Trinajstić information content (AvgIpc) is 3.13. The molecule has 2 bridgehead atoms. The van der Waals surface area contributed by atoms with Crippen LogP contribution in [0.4, 0.5) is 0 Å². The predicted octanol–water partition coefficient (Wildman–Crippen LogP) is 1.37. The predicted molar refractivity (Wildman–Crippen MR) is 88.7 cm³/mol. The molecule has 3 heterocycles. The number of ether oxygens (including phenoxy) is 1. The lowest BCUT2D eigenvalue weighted by Gasteiger charge is -2.22. The second kappa shape index (κ2) is 7.39. The van der Waals surface area contributed by atoms with Crippen molar-refractivity contribution in [3.8, 4) is 0 Å². The molecule has 0 spiro atoms. The minimum Gasteiger partial charge on any atom is -0.373 e. The Kier molecular flexibility index (Phi) is 5.80. The number of aromatic nitrogens is 2. The molecule has 7 nitrogen and oxygen atoms in total. The van der Waals surface area contributed by atoms with Gasteiger partial charge in [0, 0.05) is 6.54 Å². The van der Waals surface area contributed by atoms with Crippen LogP contribution in [0, 0.1) is 6.92 Å². The van der Waals surface area contributed by atoms with Crippen molar-refractivity contribution in [1.82, 2.24) is 20.8 Å². The van der Waals surface area contributed by atoms with Crippen molar-refractivity contribution in [2.24, 2.45) is 4.99 Å². The molecule has 0 aliphatic carbocycles. The number of halogens is 1. The quantitative estimate of drug-likeness (QED) is 0.446. The standard InChI is InChI=1S/C13H21N5O2.HI/c1-3-14-13(15-7-12-16-8(2)18-20-12)17-10-6-9-4-5-11(10)19-9;/h9-11H,3-7H2,1-2H3,(H2,14,15,17);1H. The van der Waals surface area contributed by atoms with E-state index in [1.54, 1.807) is 6.92 Å². The SMILES string of the molecule is CCNC(=NCc1nc(C)no1)NC1CC2CCC1O2.I. The molecule has 0 radical (unpaired) electrons. The van der Waals surface area contributed by atoms with Gasteiger partial charge in [0.15, 0.2) is 11.8 Å². The first-order valence-corrected chi connectivity index (χ1v) is 7.24. The molecule has 2 fully saturated rings. The van der Waals surface area contributed by atoms with Crippen LogP contribution in [-0.2, 0) is 11.3 Å². The van der Waals surface area contributed by atoms with Gasteiger partial charge in [0.1, 0.15) is 6.54 Å². The van der Waals surface area contributed by atoms with Crippen LogP contribution in [0.2, 0.25) is 0 Å². The van der Waals surface area contributed by atoms with E-state index in [0.29, 0.717) is 36.5 Å². The Morgan fingerprint density at radius 3 is 2.86 bits per heavy atom. The summed E-state index contributed by atoms with van der Waals surface area (Å²) >= 11 is 0. The molecule has 0 saturated carbocycles. The Morgan fingerprint density at radius 2 is 2.29 bits per heavy atom. The zero-order valence-electron chi connectivity index (χ0n) is 12.3. The third-order valence-corrected chi connectivity index (χ3v) is 3.71. The van der Waals surface area contributed by atoms with Crippen LogP contribution in [0.25, 0.3) is 0 Å².